The average Bonchev–Trinajstić information content (AvgIpc) is 2.57. The third-order valence-electron chi connectivity index (χ3n) is 4.77. The number of hydroxylamine groups is 2. The van der Waals surface area contributed by atoms with E-state index >= 15 is 0 Å². The van der Waals surface area contributed by atoms with E-state index < -0.39 is 14.1 Å². The Kier molecular flexibility index (Phi) is 7.92. The molecule has 0 N–H and O–H groups in total. The van der Waals surface area contributed by atoms with Crippen molar-refractivity contribution < 1.29 is 23.5 Å². The lowest BCUT2D eigenvalue weighted by Crippen LogP contribution is -2.43. The molecule has 0 saturated carbocycles. The summed E-state index contributed by atoms with van der Waals surface area (Å²) >= 11 is 0. The maximum atomic E-state index is 12.4. The molecule has 0 spiro atoms. The van der Waals surface area contributed by atoms with E-state index in [4.69, 9.17) is 18.7 Å². The van der Waals surface area contributed by atoms with E-state index in [1.807, 2.05) is 13.8 Å². The first-order valence-corrected chi connectivity index (χ1v) is 11.3. The zero-order valence-corrected chi connectivity index (χ0v) is 17.2. The van der Waals surface area contributed by atoms with Gasteiger partial charge >= 0.3 is 0 Å². The van der Waals surface area contributed by atoms with Gasteiger partial charge in [0.2, 0.25) is 5.79 Å². The monoisotopic (exact) mass is 359 g/mol. The molecule has 1 aliphatic rings. The van der Waals surface area contributed by atoms with Crippen molar-refractivity contribution in [2.24, 2.45) is 0 Å². The molecule has 0 aromatic carbocycles. The Bertz CT molecular complexity index is 440. The van der Waals surface area contributed by atoms with Gasteiger partial charge in [0.05, 0.1) is 25.0 Å². The average molecular weight is 360 g/mol. The number of carbonyl (C=O) groups excluding carboxylic acids is 1. The molecule has 0 bridgehead atoms. The number of ether oxygens (including phenoxy) is 2. The summed E-state index contributed by atoms with van der Waals surface area (Å²) in [6.07, 6.45) is 1.75. The second kappa shape index (κ2) is 8.99. The molecular formula is C17H33NO5Si. The molecular weight excluding hydrogens is 326 g/mol. The second-order valence-electron chi connectivity index (χ2n) is 6.56. The van der Waals surface area contributed by atoms with Gasteiger partial charge in [-0.1, -0.05) is 20.8 Å². The summed E-state index contributed by atoms with van der Waals surface area (Å²) < 4.78 is 17.8. The first-order chi connectivity index (χ1) is 11.2. The highest BCUT2D eigenvalue weighted by atomic mass is 28.4. The molecule has 7 heteroatoms. The van der Waals surface area contributed by atoms with E-state index in [2.05, 4.69) is 20.8 Å². The Morgan fingerprint density at radius 1 is 1.29 bits per heavy atom. The third-order valence-corrected chi connectivity index (χ3v) is 9.45. The first kappa shape index (κ1) is 21.2. The van der Waals surface area contributed by atoms with Crippen LogP contribution in [0.1, 0.15) is 41.0 Å². The molecule has 1 amide bonds. The minimum Gasteiger partial charge on any atom is -0.470 e. The molecule has 1 rings (SSSR count). The fraction of sp³-hybridized carbons (Fsp3) is 0.824. The van der Waals surface area contributed by atoms with Crippen LogP contribution in [0.3, 0.4) is 0 Å². The summed E-state index contributed by atoms with van der Waals surface area (Å²) in [6.45, 7) is 10.9. The lowest BCUT2D eigenvalue weighted by Gasteiger charge is -2.37. The predicted octanol–water partition coefficient (Wildman–Crippen LogP) is 3.45. The zero-order chi connectivity index (χ0) is 18.4. The lowest BCUT2D eigenvalue weighted by atomic mass is 10.1. The Hall–Kier alpha value is -0.893. The van der Waals surface area contributed by atoms with Crippen molar-refractivity contribution >= 4 is 14.2 Å². The van der Waals surface area contributed by atoms with Crippen LogP contribution in [0.2, 0.25) is 18.1 Å². The molecule has 24 heavy (non-hydrogen) atoms. The van der Waals surface area contributed by atoms with Gasteiger partial charge in [-0.15, -0.1) is 0 Å². The Labute approximate surface area is 147 Å². The van der Waals surface area contributed by atoms with Crippen molar-refractivity contribution in [3.05, 3.63) is 11.8 Å². The summed E-state index contributed by atoms with van der Waals surface area (Å²) in [7, 11) is 1.38. The van der Waals surface area contributed by atoms with Crippen molar-refractivity contribution in [1.29, 1.82) is 0 Å². The van der Waals surface area contributed by atoms with Gasteiger partial charge in [0, 0.05) is 33.9 Å². The van der Waals surface area contributed by atoms with Crippen LogP contribution in [-0.4, -0.2) is 51.9 Å². The summed E-state index contributed by atoms with van der Waals surface area (Å²) in [4.78, 5) is 17.4. The van der Waals surface area contributed by atoms with Crippen molar-refractivity contribution in [3.63, 3.8) is 0 Å². The van der Waals surface area contributed by atoms with E-state index in [1.165, 1.54) is 18.4 Å². The lowest BCUT2D eigenvalue weighted by molar-refractivity contribution is -0.222. The van der Waals surface area contributed by atoms with Gasteiger partial charge in [-0.25, -0.2) is 5.06 Å². The summed E-state index contributed by atoms with van der Waals surface area (Å²) in [5, 5.41) is 1.17. The highest BCUT2D eigenvalue weighted by Gasteiger charge is 2.37. The Balaban J connectivity index is 2.79. The van der Waals surface area contributed by atoms with Crippen LogP contribution in [0.15, 0.2) is 11.8 Å². The Morgan fingerprint density at radius 3 is 2.38 bits per heavy atom. The van der Waals surface area contributed by atoms with Crippen molar-refractivity contribution in [3.8, 4) is 0 Å². The van der Waals surface area contributed by atoms with Gasteiger partial charge in [-0.05, 0) is 18.1 Å². The normalized spacial score (nSPS) is 20.3. The molecule has 0 radical (unpaired) electrons. The molecule has 0 aromatic heterocycles. The van der Waals surface area contributed by atoms with Crippen LogP contribution in [-0.2, 0) is 23.5 Å². The molecule has 0 aliphatic carbocycles. The van der Waals surface area contributed by atoms with Crippen LogP contribution in [0.4, 0.5) is 0 Å². The molecule has 1 atom stereocenters. The third kappa shape index (κ3) is 5.30. The Morgan fingerprint density at radius 2 is 1.88 bits per heavy atom. The first-order valence-electron chi connectivity index (χ1n) is 8.76. The minimum atomic E-state index is -1.64. The van der Waals surface area contributed by atoms with Gasteiger partial charge in [-0.3, -0.25) is 9.63 Å². The predicted molar refractivity (Wildman–Crippen MR) is 95.7 cm³/mol. The second-order valence-corrected chi connectivity index (χ2v) is 11.3. The van der Waals surface area contributed by atoms with Crippen molar-refractivity contribution in [2.75, 3.05) is 20.8 Å². The maximum absolute atomic E-state index is 12.4. The van der Waals surface area contributed by atoms with Gasteiger partial charge in [0.1, 0.15) is 0 Å². The molecule has 6 nitrogen and oxygen atoms in total. The largest absolute Gasteiger partial charge is 0.470 e. The van der Waals surface area contributed by atoms with Gasteiger partial charge < -0.3 is 13.9 Å². The smallest absolute Gasteiger partial charge is 0.278 e. The van der Waals surface area contributed by atoms with Crippen LogP contribution in [0, 0.1) is 0 Å². The van der Waals surface area contributed by atoms with Crippen LogP contribution >= 0.6 is 0 Å². The van der Waals surface area contributed by atoms with E-state index in [9.17, 15) is 4.79 Å². The fourth-order valence-electron chi connectivity index (χ4n) is 2.82. The van der Waals surface area contributed by atoms with Crippen LogP contribution < -0.4 is 0 Å². The van der Waals surface area contributed by atoms with Crippen molar-refractivity contribution in [1.82, 2.24) is 5.06 Å². The number of amides is 1. The van der Waals surface area contributed by atoms with E-state index in [0.717, 1.165) is 18.1 Å². The fourth-order valence-corrected chi connectivity index (χ4v) is 5.48. The summed E-state index contributed by atoms with van der Waals surface area (Å²) in [5.41, 5.74) is 0.457. The molecule has 1 aliphatic heterocycles. The molecule has 1 heterocycles. The number of nitrogens with zero attached hydrogens (tertiary/aromatic N) is 1. The molecule has 0 aromatic rings. The number of likely N-dealkylation sites (N-methyl/N-ethyl adjacent to an activating group) is 1. The highest BCUT2D eigenvalue weighted by molar-refractivity contribution is 6.73. The van der Waals surface area contributed by atoms with E-state index in [1.54, 1.807) is 7.05 Å². The number of hydrogen-bond donors (Lipinski definition) is 0. The number of carbonyl (C=O) groups is 1. The maximum Gasteiger partial charge on any atom is 0.278 e. The molecule has 0 fully saturated rings. The summed E-state index contributed by atoms with van der Waals surface area (Å²) in [6, 6.07) is 3.32. The van der Waals surface area contributed by atoms with Crippen LogP contribution in [0.25, 0.3) is 0 Å². The van der Waals surface area contributed by atoms with E-state index in [0.29, 0.717) is 18.6 Å². The highest BCUT2D eigenvalue weighted by Crippen LogP contribution is 2.29. The van der Waals surface area contributed by atoms with Gasteiger partial charge in [0.25, 0.3) is 5.91 Å². The molecule has 0 saturated heterocycles. The zero-order valence-electron chi connectivity index (χ0n) is 16.2. The molecule has 140 valence electrons. The minimum absolute atomic E-state index is 0.261. The van der Waals surface area contributed by atoms with Gasteiger partial charge in [0.15, 0.2) is 8.32 Å². The van der Waals surface area contributed by atoms with Crippen LogP contribution in [0.5, 0.6) is 0 Å². The quantitative estimate of drug-likeness (QED) is 0.466. The van der Waals surface area contributed by atoms with Gasteiger partial charge in [-0.2, -0.15) is 0 Å². The van der Waals surface area contributed by atoms with Crippen molar-refractivity contribution in [2.45, 2.75) is 71.1 Å². The van der Waals surface area contributed by atoms with E-state index in [-0.39, 0.29) is 12.0 Å². The topological polar surface area (TPSA) is 57.2 Å². The standard InChI is InChI=1S/C17H33NO5Si/c1-8-24(9-2,10-3)22-12-11-15-14(16(19)18(6)20-7)13-21-17(4,5)23-15/h13,15H,8-12H2,1-7H3/t15-/m0/s1. The molecule has 0 unspecified atom stereocenters. The SMILES string of the molecule is CC[Si](CC)(CC)OCC[C@@H]1OC(C)(C)OC=C1C(=O)N(C)OC. The summed E-state index contributed by atoms with van der Waals surface area (Å²) in [5.74, 6) is -1.02. The number of hydrogen-bond acceptors (Lipinski definition) is 5. The number of rotatable bonds is 9.